The number of halogens is 1. The molecule has 0 fully saturated rings. The van der Waals surface area contributed by atoms with Crippen LogP contribution in [0.4, 0.5) is 0 Å². The molecule has 34 heavy (non-hydrogen) atoms. The van der Waals surface area contributed by atoms with E-state index in [1.54, 1.807) is 12.1 Å². The predicted molar refractivity (Wildman–Crippen MR) is 150 cm³/mol. The molecule has 0 amide bonds. The number of unbranched alkanes of at least 4 members (excludes halogenated alkanes) is 2. The maximum absolute atomic E-state index is 10.9. The standard InChI is InChI=1S/C31H30ClOP/c1-2-3-13-22-34(27-16-9-5-10-17-27,28-18-11-6-12-19-28)24-30(25-14-7-4-8-15-25)29-23-26(32)20-21-31(29)33/h4-12,14-21,23-24H,2-3,13,22H2,1H3/p+1/b30-24-. The normalized spacial score (nSPS) is 12.0. The van der Waals surface area contributed by atoms with Crippen LogP contribution in [0, 0.1) is 0 Å². The first kappa shape index (κ1) is 24.3. The molecular weight excluding hydrogens is 455 g/mol. The Morgan fingerprint density at radius 2 is 1.32 bits per heavy atom. The van der Waals surface area contributed by atoms with Crippen molar-refractivity contribution in [3.8, 4) is 5.75 Å². The van der Waals surface area contributed by atoms with Gasteiger partial charge >= 0.3 is 0 Å². The fraction of sp³-hybridized carbons (Fsp3) is 0.161. The highest BCUT2D eigenvalue weighted by atomic mass is 35.5. The summed E-state index contributed by atoms with van der Waals surface area (Å²) < 4.78 is 0. The largest absolute Gasteiger partial charge is 0.507 e. The first-order chi connectivity index (χ1) is 16.6. The van der Waals surface area contributed by atoms with Gasteiger partial charge in [0.25, 0.3) is 0 Å². The number of rotatable bonds is 9. The highest BCUT2D eigenvalue weighted by Gasteiger charge is 2.41. The van der Waals surface area contributed by atoms with Crippen molar-refractivity contribution >= 4 is 35.0 Å². The van der Waals surface area contributed by atoms with Crippen LogP contribution in [0.2, 0.25) is 5.02 Å². The second kappa shape index (κ2) is 11.5. The van der Waals surface area contributed by atoms with Crippen LogP contribution in [-0.4, -0.2) is 11.3 Å². The third kappa shape index (κ3) is 5.44. The van der Waals surface area contributed by atoms with Crippen LogP contribution in [-0.2, 0) is 0 Å². The summed E-state index contributed by atoms with van der Waals surface area (Å²) in [5.41, 5.74) is 2.87. The van der Waals surface area contributed by atoms with Crippen LogP contribution in [0.5, 0.6) is 5.75 Å². The summed E-state index contributed by atoms with van der Waals surface area (Å²) in [6.45, 7) is 2.25. The molecule has 1 nitrogen and oxygen atoms in total. The molecule has 4 aromatic carbocycles. The first-order valence-corrected chi connectivity index (χ1v) is 14.3. The van der Waals surface area contributed by atoms with Crippen molar-refractivity contribution in [2.24, 2.45) is 0 Å². The van der Waals surface area contributed by atoms with Gasteiger partial charge in [-0.25, -0.2) is 0 Å². The smallest absolute Gasteiger partial charge is 0.123 e. The molecule has 0 bridgehead atoms. The van der Waals surface area contributed by atoms with Crippen LogP contribution in [0.3, 0.4) is 0 Å². The minimum absolute atomic E-state index is 0.243. The summed E-state index contributed by atoms with van der Waals surface area (Å²) in [6.07, 6.45) is 4.59. The number of benzene rings is 4. The molecule has 0 spiro atoms. The Kier molecular flexibility index (Phi) is 8.22. The molecule has 0 heterocycles. The molecule has 0 saturated carbocycles. The highest BCUT2D eigenvalue weighted by molar-refractivity contribution is 7.92. The lowest BCUT2D eigenvalue weighted by atomic mass is 9.99. The quantitative estimate of drug-likeness (QED) is 0.187. The second-order valence-corrected chi connectivity index (χ2v) is 12.5. The monoisotopic (exact) mass is 485 g/mol. The molecule has 1 N–H and O–H groups in total. The van der Waals surface area contributed by atoms with Crippen molar-refractivity contribution < 1.29 is 5.11 Å². The van der Waals surface area contributed by atoms with Gasteiger partial charge in [-0.15, -0.1) is 0 Å². The molecule has 0 radical (unpaired) electrons. The van der Waals surface area contributed by atoms with Gasteiger partial charge in [0, 0.05) is 16.2 Å². The Balaban J connectivity index is 2.04. The van der Waals surface area contributed by atoms with E-state index in [2.05, 4.69) is 85.5 Å². The zero-order chi connectivity index (χ0) is 23.8. The van der Waals surface area contributed by atoms with E-state index >= 15 is 0 Å². The fourth-order valence-corrected chi connectivity index (χ4v) is 8.76. The predicted octanol–water partition coefficient (Wildman–Crippen LogP) is 8.29. The lowest BCUT2D eigenvalue weighted by molar-refractivity contribution is 0.473. The van der Waals surface area contributed by atoms with Gasteiger partial charge in [0.2, 0.25) is 0 Å². The van der Waals surface area contributed by atoms with E-state index < -0.39 is 7.26 Å². The molecule has 0 atom stereocenters. The minimum atomic E-state index is -1.97. The van der Waals surface area contributed by atoms with Crippen molar-refractivity contribution in [1.29, 1.82) is 0 Å². The van der Waals surface area contributed by atoms with Gasteiger partial charge in [-0.3, -0.25) is 0 Å². The van der Waals surface area contributed by atoms with Gasteiger partial charge < -0.3 is 5.11 Å². The maximum atomic E-state index is 10.9. The van der Waals surface area contributed by atoms with Crippen molar-refractivity contribution in [2.45, 2.75) is 26.2 Å². The molecule has 172 valence electrons. The number of phenolic OH excluding ortho intramolecular Hbond substituents is 1. The summed E-state index contributed by atoms with van der Waals surface area (Å²) in [5.74, 6) is 2.71. The van der Waals surface area contributed by atoms with Gasteiger partial charge in [0.1, 0.15) is 23.6 Å². The van der Waals surface area contributed by atoms with Gasteiger partial charge in [0.05, 0.1) is 12.0 Å². The van der Waals surface area contributed by atoms with Crippen LogP contribution in [0.25, 0.3) is 5.57 Å². The average molecular weight is 486 g/mol. The molecule has 4 rings (SSSR count). The van der Waals surface area contributed by atoms with Crippen molar-refractivity contribution in [3.63, 3.8) is 0 Å². The van der Waals surface area contributed by atoms with Crippen molar-refractivity contribution in [3.05, 3.63) is 131 Å². The maximum Gasteiger partial charge on any atom is 0.123 e. The Labute approximate surface area is 209 Å². The third-order valence-corrected chi connectivity index (χ3v) is 10.6. The average Bonchev–Trinajstić information content (AvgIpc) is 2.89. The number of hydrogen-bond donors (Lipinski definition) is 1. The van der Waals surface area contributed by atoms with E-state index in [0.29, 0.717) is 5.02 Å². The molecule has 3 heteroatoms. The molecule has 0 aliphatic heterocycles. The Bertz CT molecular complexity index is 1180. The molecule has 0 aliphatic rings. The lowest BCUT2D eigenvalue weighted by Gasteiger charge is -2.26. The molecule has 4 aromatic rings. The zero-order valence-corrected chi connectivity index (χ0v) is 21.2. The van der Waals surface area contributed by atoms with Gasteiger partial charge in [-0.1, -0.05) is 98.1 Å². The van der Waals surface area contributed by atoms with Crippen LogP contribution in [0.15, 0.2) is 115 Å². The summed E-state index contributed by atoms with van der Waals surface area (Å²) in [6, 6.07) is 37.5. The Morgan fingerprint density at radius 1 is 0.765 bits per heavy atom. The fourth-order valence-electron chi connectivity index (χ4n) is 4.48. The Hall–Kier alpha value is -2.86. The third-order valence-electron chi connectivity index (χ3n) is 6.23. The number of aromatic hydroxyl groups is 1. The van der Waals surface area contributed by atoms with E-state index in [0.717, 1.165) is 29.3 Å². The summed E-state index contributed by atoms with van der Waals surface area (Å²) in [7, 11) is -1.97. The van der Waals surface area contributed by atoms with Crippen LogP contribution in [0.1, 0.15) is 37.3 Å². The number of phenols is 1. The van der Waals surface area contributed by atoms with Gasteiger partial charge in [-0.2, -0.15) is 0 Å². The van der Waals surface area contributed by atoms with Crippen LogP contribution >= 0.6 is 18.9 Å². The highest BCUT2D eigenvalue weighted by Crippen LogP contribution is 2.61. The van der Waals surface area contributed by atoms with Crippen molar-refractivity contribution in [2.75, 3.05) is 6.16 Å². The molecule has 0 aliphatic carbocycles. The van der Waals surface area contributed by atoms with Crippen LogP contribution < -0.4 is 10.6 Å². The lowest BCUT2D eigenvalue weighted by Crippen LogP contribution is -2.23. The Morgan fingerprint density at radius 3 is 1.88 bits per heavy atom. The van der Waals surface area contributed by atoms with E-state index in [1.807, 2.05) is 24.3 Å². The zero-order valence-electron chi connectivity index (χ0n) is 19.6. The molecule has 0 aromatic heterocycles. The SMILES string of the molecule is CCCCC[P+](/C=C(/c1ccccc1)c1cc(Cl)ccc1O)(c1ccccc1)c1ccccc1. The number of hydrogen-bond acceptors (Lipinski definition) is 1. The van der Waals surface area contributed by atoms with E-state index in [4.69, 9.17) is 11.6 Å². The van der Waals surface area contributed by atoms with E-state index in [-0.39, 0.29) is 5.75 Å². The summed E-state index contributed by atoms with van der Waals surface area (Å²) in [4.78, 5) is 0. The van der Waals surface area contributed by atoms with Gasteiger partial charge in [-0.05, 0) is 54.4 Å². The summed E-state index contributed by atoms with van der Waals surface area (Å²) >= 11 is 6.43. The first-order valence-electron chi connectivity index (χ1n) is 11.9. The molecule has 0 saturated heterocycles. The topological polar surface area (TPSA) is 20.2 Å². The summed E-state index contributed by atoms with van der Waals surface area (Å²) in [5, 5.41) is 14.3. The second-order valence-electron chi connectivity index (χ2n) is 8.54. The van der Waals surface area contributed by atoms with E-state index in [1.165, 1.54) is 23.5 Å². The van der Waals surface area contributed by atoms with Crippen molar-refractivity contribution in [1.82, 2.24) is 0 Å². The molecular formula is C31H31ClOP+. The minimum Gasteiger partial charge on any atom is -0.507 e. The van der Waals surface area contributed by atoms with Gasteiger partial charge in [0.15, 0.2) is 0 Å². The van der Waals surface area contributed by atoms with E-state index in [9.17, 15) is 5.11 Å². The molecule has 0 unspecified atom stereocenters.